The molecule has 0 radical (unpaired) electrons. The smallest absolute Gasteiger partial charge is 0.328 e. The van der Waals surface area contributed by atoms with E-state index in [9.17, 15) is 0 Å². The van der Waals surface area contributed by atoms with Gasteiger partial charge in [0.05, 0.1) is 26.4 Å². The average Bonchev–Trinajstić information content (AvgIpc) is 2.20. The third-order valence-corrected chi connectivity index (χ3v) is 2.87. The molecular formula is C8H22HgO6P2. The third kappa shape index (κ3) is 23.1. The minimum atomic E-state index is -1.58. The van der Waals surface area contributed by atoms with Crippen LogP contribution in [0.4, 0.5) is 0 Å². The van der Waals surface area contributed by atoms with Crippen molar-refractivity contribution >= 4 is 17.2 Å². The Hall–Kier alpha value is 1.56. The Labute approximate surface area is 126 Å². The van der Waals surface area contributed by atoms with Crippen LogP contribution in [0.15, 0.2) is 0 Å². The van der Waals surface area contributed by atoms with Crippen LogP contribution < -0.4 is 0 Å². The Kier molecular flexibility index (Phi) is 27.6. The van der Waals surface area contributed by atoms with Crippen molar-refractivity contribution in [3.63, 3.8) is 0 Å². The van der Waals surface area contributed by atoms with Gasteiger partial charge >= 0.3 is 17.2 Å². The molecule has 0 saturated carbocycles. The van der Waals surface area contributed by atoms with Gasteiger partial charge in [-0.25, -0.2) is 0 Å². The molecule has 2 N–H and O–H groups in total. The Bertz CT molecular complexity index is 109. The molecule has 0 unspecified atom stereocenters. The van der Waals surface area contributed by atoms with Crippen LogP contribution in [0.5, 0.6) is 0 Å². The monoisotopic (exact) mass is 478 g/mol. The summed E-state index contributed by atoms with van der Waals surface area (Å²) < 4.78 is 18.7. The summed E-state index contributed by atoms with van der Waals surface area (Å²) in [4.78, 5) is 17.3. The molecule has 0 heterocycles. The topological polar surface area (TPSA) is 77.4 Å². The second kappa shape index (κ2) is 19.9. The SMILES string of the molecule is CCOP(O)OCC.CCOP(O)OCC.[Hg]. The molecule has 102 valence electrons. The van der Waals surface area contributed by atoms with Crippen molar-refractivity contribution in [2.24, 2.45) is 0 Å². The first-order valence-corrected chi connectivity index (χ1v) is 7.37. The summed E-state index contributed by atoms with van der Waals surface area (Å²) >= 11 is 0. The van der Waals surface area contributed by atoms with Crippen molar-refractivity contribution in [3.05, 3.63) is 0 Å². The number of hydrogen-bond acceptors (Lipinski definition) is 6. The van der Waals surface area contributed by atoms with Crippen molar-refractivity contribution in [2.75, 3.05) is 26.4 Å². The Morgan fingerprint density at radius 2 is 0.824 bits per heavy atom. The normalized spacial score (nSPS) is 9.88. The van der Waals surface area contributed by atoms with E-state index in [-0.39, 0.29) is 27.7 Å². The van der Waals surface area contributed by atoms with E-state index in [1.54, 1.807) is 0 Å². The van der Waals surface area contributed by atoms with Crippen LogP contribution in [0.1, 0.15) is 27.7 Å². The zero-order chi connectivity index (χ0) is 12.8. The Balaban J connectivity index is -0.000000218. The third-order valence-electron chi connectivity index (χ3n) is 0.958. The van der Waals surface area contributed by atoms with Crippen LogP contribution in [-0.4, -0.2) is 36.2 Å². The molecule has 0 amide bonds. The van der Waals surface area contributed by atoms with E-state index in [0.29, 0.717) is 26.4 Å². The molecule has 0 aliphatic rings. The fraction of sp³-hybridized carbons (Fsp3) is 1.00. The van der Waals surface area contributed by atoms with Crippen LogP contribution in [0.3, 0.4) is 0 Å². The summed E-state index contributed by atoms with van der Waals surface area (Å²) in [5.74, 6) is 0. The van der Waals surface area contributed by atoms with Crippen molar-refractivity contribution in [3.8, 4) is 0 Å². The van der Waals surface area contributed by atoms with E-state index in [4.69, 9.17) is 9.79 Å². The summed E-state index contributed by atoms with van der Waals surface area (Å²) in [7, 11) is -3.16. The summed E-state index contributed by atoms with van der Waals surface area (Å²) in [6, 6.07) is 0. The molecule has 0 aromatic heterocycles. The first-order valence-electron chi connectivity index (χ1n) is 5.11. The predicted molar refractivity (Wildman–Crippen MR) is 64.8 cm³/mol. The molecule has 0 aromatic carbocycles. The summed E-state index contributed by atoms with van der Waals surface area (Å²) in [6.07, 6.45) is 0. The molecule has 0 aliphatic heterocycles. The molecule has 0 rings (SSSR count). The molecule has 0 fully saturated rings. The van der Waals surface area contributed by atoms with Gasteiger partial charge in [0.15, 0.2) is 0 Å². The Morgan fingerprint density at radius 1 is 0.647 bits per heavy atom. The van der Waals surface area contributed by atoms with Crippen LogP contribution in [0.2, 0.25) is 0 Å². The van der Waals surface area contributed by atoms with Crippen molar-refractivity contribution < 1.29 is 55.6 Å². The molecule has 0 spiro atoms. The second-order valence-electron chi connectivity index (χ2n) is 2.15. The average molecular weight is 477 g/mol. The molecule has 0 aromatic rings. The van der Waals surface area contributed by atoms with E-state index in [1.165, 1.54) is 0 Å². The van der Waals surface area contributed by atoms with E-state index in [1.807, 2.05) is 27.7 Å². The molecule has 0 aliphatic carbocycles. The fourth-order valence-corrected chi connectivity index (χ4v) is 1.55. The van der Waals surface area contributed by atoms with Crippen LogP contribution in [-0.2, 0) is 45.8 Å². The minimum absolute atomic E-state index is 0. The summed E-state index contributed by atoms with van der Waals surface area (Å²) in [5.41, 5.74) is 0. The van der Waals surface area contributed by atoms with Gasteiger partial charge in [0.25, 0.3) is 0 Å². The largest absolute Gasteiger partial charge is 0.329 e. The van der Waals surface area contributed by atoms with Gasteiger partial charge in [-0.05, 0) is 27.7 Å². The molecular weight excluding hydrogens is 455 g/mol. The van der Waals surface area contributed by atoms with Crippen LogP contribution >= 0.6 is 17.2 Å². The first-order chi connectivity index (χ1) is 7.62. The van der Waals surface area contributed by atoms with Crippen molar-refractivity contribution in [1.82, 2.24) is 0 Å². The van der Waals surface area contributed by atoms with Gasteiger partial charge in [-0.2, -0.15) is 0 Å². The predicted octanol–water partition coefficient (Wildman–Crippen LogP) is 2.55. The maximum Gasteiger partial charge on any atom is 0.329 e. The van der Waals surface area contributed by atoms with Gasteiger partial charge in [-0.3, -0.25) is 0 Å². The van der Waals surface area contributed by atoms with Gasteiger partial charge < -0.3 is 27.9 Å². The van der Waals surface area contributed by atoms with Gasteiger partial charge in [-0.1, -0.05) is 0 Å². The number of hydrogen-bond donors (Lipinski definition) is 2. The molecule has 0 bridgehead atoms. The zero-order valence-corrected chi connectivity index (χ0v) is 18.2. The second-order valence-corrected chi connectivity index (χ2v) is 4.13. The maximum atomic E-state index is 8.67. The minimum Gasteiger partial charge on any atom is -0.328 e. The molecule has 0 saturated heterocycles. The quantitative estimate of drug-likeness (QED) is 0.414. The first kappa shape index (κ1) is 23.6. The van der Waals surface area contributed by atoms with E-state index < -0.39 is 17.2 Å². The van der Waals surface area contributed by atoms with Crippen LogP contribution in [0, 0.1) is 0 Å². The van der Waals surface area contributed by atoms with E-state index >= 15 is 0 Å². The summed E-state index contributed by atoms with van der Waals surface area (Å²) in [6.45, 7) is 9.25. The van der Waals surface area contributed by atoms with Gasteiger partial charge in [-0.15, -0.1) is 0 Å². The Morgan fingerprint density at radius 3 is 0.941 bits per heavy atom. The molecule has 17 heavy (non-hydrogen) atoms. The van der Waals surface area contributed by atoms with E-state index in [0.717, 1.165) is 0 Å². The van der Waals surface area contributed by atoms with Gasteiger partial charge in [0.1, 0.15) is 0 Å². The van der Waals surface area contributed by atoms with Crippen molar-refractivity contribution in [1.29, 1.82) is 0 Å². The zero-order valence-electron chi connectivity index (χ0n) is 11.0. The maximum absolute atomic E-state index is 8.67. The fourth-order valence-electron chi connectivity index (χ4n) is 0.516. The number of rotatable bonds is 8. The van der Waals surface area contributed by atoms with Crippen molar-refractivity contribution in [2.45, 2.75) is 27.7 Å². The standard InChI is InChI=1S/2C4H11O3P.Hg/c2*1-3-6-8(5)7-4-2;/h2*5H,3-4H2,1-2H3;. The summed E-state index contributed by atoms with van der Waals surface area (Å²) in [5, 5.41) is 0. The molecule has 6 nitrogen and oxygen atoms in total. The molecule has 0 atom stereocenters. The van der Waals surface area contributed by atoms with Gasteiger partial charge in [0, 0.05) is 27.7 Å². The molecule has 9 heteroatoms. The van der Waals surface area contributed by atoms with Crippen LogP contribution in [0.25, 0.3) is 0 Å². The van der Waals surface area contributed by atoms with E-state index in [2.05, 4.69) is 18.1 Å². The van der Waals surface area contributed by atoms with Gasteiger partial charge in [0.2, 0.25) is 0 Å².